The summed E-state index contributed by atoms with van der Waals surface area (Å²) in [5.41, 5.74) is -0.509. The van der Waals surface area contributed by atoms with Crippen LogP contribution < -0.4 is 5.32 Å². The Bertz CT molecular complexity index is 1240. The lowest BCUT2D eigenvalue weighted by Crippen LogP contribution is -2.24. The van der Waals surface area contributed by atoms with Gasteiger partial charge in [-0.05, 0) is 17.7 Å². The Labute approximate surface area is 191 Å². The summed E-state index contributed by atoms with van der Waals surface area (Å²) >= 11 is 6.16. The van der Waals surface area contributed by atoms with Crippen LogP contribution in [0.25, 0.3) is 11.3 Å². The smallest absolute Gasteiger partial charge is 0.345 e. The van der Waals surface area contributed by atoms with E-state index in [0.29, 0.717) is 11.1 Å². The number of rotatable bonds is 6. The molecule has 33 heavy (non-hydrogen) atoms. The maximum Gasteiger partial charge on any atom is 0.435 e. The fourth-order valence-corrected chi connectivity index (χ4v) is 3.30. The molecule has 2 amide bonds. The monoisotopic (exact) mass is 478 g/mol. The number of H-pyrrole nitrogens is 2. The molecule has 0 radical (unpaired) electrons. The van der Waals surface area contributed by atoms with E-state index in [1.807, 2.05) is 0 Å². The van der Waals surface area contributed by atoms with Crippen molar-refractivity contribution in [1.29, 1.82) is 0 Å². The lowest BCUT2D eigenvalue weighted by atomic mass is 10.1. The van der Waals surface area contributed by atoms with Gasteiger partial charge in [0.1, 0.15) is 0 Å². The predicted molar refractivity (Wildman–Crippen MR) is 114 cm³/mol. The van der Waals surface area contributed by atoms with Gasteiger partial charge in [0.15, 0.2) is 11.5 Å². The molecule has 2 aromatic heterocycles. The van der Waals surface area contributed by atoms with Crippen LogP contribution in [0.4, 0.5) is 13.2 Å². The summed E-state index contributed by atoms with van der Waals surface area (Å²) < 4.78 is 40.0. The minimum absolute atomic E-state index is 0.0485. The molecule has 0 aliphatic rings. The SMILES string of the molecule is C#CCc1[nH]nc(C(F)(F)F)c1-c1cnc(C(=O)NCc2ccc(C(=O)N(C)C)c(Cl)c2)[nH]1. The van der Waals surface area contributed by atoms with Crippen LogP contribution in [0.5, 0.6) is 0 Å². The van der Waals surface area contributed by atoms with E-state index in [4.69, 9.17) is 18.0 Å². The number of hydrogen-bond donors (Lipinski definition) is 3. The van der Waals surface area contributed by atoms with Crippen molar-refractivity contribution < 1.29 is 22.8 Å². The van der Waals surface area contributed by atoms with Gasteiger partial charge in [0.05, 0.1) is 40.2 Å². The van der Waals surface area contributed by atoms with Gasteiger partial charge in [0.2, 0.25) is 0 Å². The number of nitrogens with zero attached hydrogens (tertiary/aromatic N) is 3. The first-order chi connectivity index (χ1) is 15.5. The number of terminal acetylenes is 1. The van der Waals surface area contributed by atoms with Gasteiger partial charge < -0.3 is 15.2 Å². The molecule has 0 fully saturated rings. The Kier molecular flexibility index (Phi) is 6.78. The second-order valence-corrected chi connectivity index (χ2v) is 7.55. The van der Waals surface area contributed by atoms with Crippen LogP contribution in [0.15, 0.2) is 24.4 Å². The molecule has 0 unspecified atom stereocenters. The fourth-order valence-electron chi connectivity index (χ4n) is 3.02. The summed E-state index contributed by atoms with van der Waals surface area (Å²) in [6, 6.07) is 4.71. The van der Waals surface area contributed by atoms with Crippen molar-refractivity contribution in [2.24, 2.45) is 0 Å². The molecular formula is C21H18ClF3N6O2. The summed E-state index contributed by atoms with van der Waals surface area (Å²) in [7, 11) is 3.20. The van der Waals surface area contributed by atoms with Gasteiger partial charge >= 0.3 is 6.18 Å². The van der Waals surface area contributed by atoms with E-state index < -0.39 is 17.8 Å². The number of alkyl halides is 3. The third kappa shape index (κ3) is 5.18. The minimum atomic E-state index is -4.73. The van der Waals surface area contributed by atoms with E-state index in [9.17, 15) is 22.8 Å². The van der Waals surface area contributed by atoms with Gasteiger partial charge in [-0.1, -0.05) is 17.7 Å². The first-order valence-corrected chi connectivity index (χ1v) is 9.82. The zero-order valence-corrected chi connectivity index (χ0v) is 18.2. The third-order valence-electron chi connectivity index (χ3n) is 4.57. The van der Waals surface area contributed by atoms with Crippen LogP contribution in [-0.4, -0.2) is 51.0 Å². The Hall–Kier alpha value is -3.78. The molecule has 0 saturated heterocycles. The molecule has 8 nitrogen and oxygen atoms in total. The molecule has 0 aliphatic heterocycles. The summed E-state index contributed by atoms with van der Waals surface area (Å²) in [6.07, 6.45) is 1.48. The number of carbonyl (C=O) groups is 2. The van der Waals surface area contributed by atoms with E-state index in [2.05, 4.69) is 31.4 Å². The number of imidazole rings is 1. The highest BCUT2D eigenvalue weighted by molar-refractivity contribution is 6.33. The van der Waals surface area contributed by atoms with Crippen molar-refractivity contribution in [3.63, 3.8) is 0 Å². The highest BCUT2D eigenvalue weighted by Crippen LogP contribution is 2.37. The Balaban J connectivity index is 1.77. The second-order valence-electron chi connectivity index (χ2n) is 7.15. The van der Waals surface area contributed by atoms with Crippen LogP contribution >= 0.6 is 11.6 Å². The van der Waals surface area contributed by atoms with E-state index in [-0.39, 0.29) is 46.7 Å². The van der Waals surface area contributed by atoms with E-state index in [1.54, 1.807) is 32.3 Å². The third-order valence-corrected chi connectivity index (χ3v) is 4.88. The molecule has 0 saturated carbocycles. The van der Waals surface area contributed by atoms with E-state index >= 15 is 0 Å². The van der Waals surface area contributed by atoms with Crippen molar-refractivity contribution in [3.05, 3.63) is 57.8 Å². The van der Waals surface area contributed by atoms with E-state index in [0.717, 1.165) is 6.20 Å². The molecule has 1 aromatic carbocycles. The average Bonchev–Trinajstić information content (AvgIpc) is 3.38. The van der Waals surface area contributed by atoms with E-state index in [1.165, 1.54) is 4.90 Å². The lowest BCUT2D eigenvalue weighted by Gasteiger charge is -2.12. The number of nitrogens with one attached hydrogen (secondary N) is 3. The molecule has 0 aliphatic carbocycles. The van der Waals surface area contributed by atoms with Crippen molar-refractivity contribution in [2.75, 3.05) is 14.1 Å². The number of aromatic amines is 2. The molecule has 2 heterocycles. The Morgan fingerprint density at radius 1 is 1.30 bits per heavy atom. The van der Waals surface area contributed by atoms with Crippen molar-refractivity contribution in [2.45, 2.75) is 19.1 Å². The molecule has 12 heteroatoms. The Morgan fingerprint density at radius 3 is 2.64 bits per heavy atom. The van der Waals surface area contributed by atoms with Crippen LogP contribution in [0.2, 0.25) is 5.02 Å². The number of carbonyl (C=O) groups excluding carboxylic acids is 2. The van der Waals surface area contributed by atoms with Gasteiger partial charge in [0.25, 0.3) is 11.8 Å². The lowest BCUT2D eigenvalue weighted by molar-refractivity contribution is -0.140. The highest BCUT2D eigenvalue weighted by Gasteiger charge is 2.39. The predicted octanol–water partition coefficient (Wildman–Crippen LogP) is 3.28. The van der Waals surface area contributed by atoms with Crippen molar-refractivity contribution in [1.82, 2.24) is 30.4 Å². The molecule has 0 bridgehead atoms. The topological polar surface area (TPSA) is 107 Å². The molecule has 3 rings (SSSR count). The molecule has 0 spiro atoms. The summed E-state index contributed by atoms with van der Waals surface area (Å²) in [6.45, 7) is 0.0485. The number of benzene rings is 1. The normalized spacial score (nSPS) is 11.2. The van der Waals surface area contributed by atoms with Crippen LogP contribution in [0.3, 0.4) is 0 Å². The largest absolute Gasteiger partial charge is 0.435 e. The zero-order valence-electron chi connectivity index (χ0n) is 17.5. The van der Waals surface area contributed by atoms with Crippen LogP contribution in [-0.2, 0) is 19.1 Å². The van der Waals surface area contributed by atoms with Crippen LogP contribution in [0, 0.1) is 12.3 Å². The first kappa shape index (κ1) is 23.9. The summed E-state index contributed by atoms with van der Waals surface area (Å²) in [5, 5.41) is 8.42. The van der Waals surface area contributed by atoms with Gasteiger partial charge in [0, 0.05) is 20.6 Å². The Morgan fingerprint density at radius 2 is 2.03 bits per heavy atom. The number of amides is 2. The van der Waals surface area contributed by atoms with Crippen molar-refractivity contribution >= 4 is 23.4 Å². The van der Waals surface area contributed by atoms with Gasteiger partial charge in [-0.2, -0.15) is 18.3 Å². The van der Waals surface area contributed by atoms with Crippen molar-refractivity contribution in [3.8, 4) is 23.6 Å². The molecule has 0 atom stereocenters. The molecular weight excluding hydrogens is 461 g/mol. The number of halogens is 4. The number of hydrogen-bond acceptors (Lipinski definition) is 4. The van der Waals surface area contributed by atoms with Crippen LogP contribution in [0.1, 0.15) is 37.9 Å². The van der Waals surface area contributed by atoms with Gasteiger partial charge in [-0.15, -0.1) is 12.3 Å². The second kappa shape index (κ2) is 9.38. The quantitative estimate of drug-likeness (QED) is 0.473. The zero-order chi connectivity index (χ0) is 24.3. The van der Waals surface area contributed by atoms with Gasteiger partial charge in [-0.25, -0.2) is 4.98 Å². The molecule has 3 aromatic rings. The first-order valence-electron chi connectivity index (χ1n) is 9.44. The molecule has 172 valence electrons. The average molecular weight is 479 g/mol. The fraction of sp³-hybridized carbons (Fsp3) is 0.238. The maximum absolute atomic E-state index is 13.3. The summed E-state index contributed by atoms with van der Waals surface area (Å²) in [4.78, 5) is 32.4. The summed E-state index contributed by atoms with van der Waals surface area (Å²) in [5.74, 6) is 1.15. The highest BCUT2D eigenvalue weighted by atomic mass is 35.5. The minimum Gasteiger partial charge on any atom is -0.345 e. The standard InChI is InChI=1S/C21H18ClF3N6O2/c1-4-5-14-16(17(30-29-14)21(23,24)25)15-10-26-18(28-15)19(32)27-9-11-6-7-12(13(22)8-11)20(33)31(2)3/h1,6-8,10H,5,9H2,2-3H3,(H,26,28)(H,27,32)(H,29,30). The molecule has 3 N–H and O–H groups in total. The maximum atomic E-state index is 13.3. The van der Waals surface area contributed by atoms with Gasteiger partial charge in [-0.3, -0.25) is 14.7 Å². The number of aromatic nitrogens is 4.